The quantitative estimate of drug-likeness (QED) is 0.876. The van der Waals surface area contributed by atoms with Crippen LogP contribution in [0.3, 0.4) is 0 Å². The van der Waals surface area contributed by atoms with E-state index in [9.17, 15) is 0 Å². The van der Waals surface area contributed by atoms with Crippen molar-refractivity contribution in [3.63, 3.8) is 0 Å². The maximum atomic E-state index is 5.73. The van der Waals surface area contributed by atoms with Crippen LogP contribution in [0.15, 0.2) is 18.3 Å². The molecule has 2 N–H and O–H groups in total. The molecule has 1 aliphatic heterocycles. The zero-order valence-electron chi connectivity index (χ0n) is 11.1. The van der Waals surface area contributed by atoms with Gasteiger partial charge in [0.05, 0.1) is 18.9 Å². The lowest BCUT2D eigenvalue weighted by Crippen LogP contribution is -2.44. The zero-order valence-corrected chi connectivity index (χ0v) is 11.1. The van der Waals surface area contributed by atoms with Crippen LogP contribution in [-0.2, 0) is 4.74 Å². The van der Waals surface area contributed by atoms with E-state index in [2.05, 4.69) is 21.0 Å². The second kappa shape index (κ2) is 5.14. The molecule has 2 aromatic heterocycles. The fourth-order valence-electron chi connectivity index (χ4n) is 2.53. The molecule has 0 aromatic carbocycles. The Kier molecular flexibility index (Phi) is 3.35. The van der Waals surface area contributed by atoms with Gasteiger partial charge in [-0.05, 0) is 19.9 Å². The first kappa shape index (κ1) is 12.4. The number of ether oxygens (including phenoxy) is 1. The summed E-state index contributed by atoms with van der Waals surface area (Å²) in [6, 6.07) is 4.00. The fourth-order valence-corrected chi connectivity index (χ4v) is 2.53. The number of fused-ring (bicyclic) bond motifs is 1. The molecule has 3 rings (SSSR count). The third-order valence-corrected chi connectivity index (χ3v) is 3.42. The van der Waals surface area contributed by atoms with Gasteiger partial charge in [0.2, 0.25) is 0 Å². The molecule has 0 radical (unpaired) electrons. The van der Waals surface area contributed by atoms with Crippen molar-refractivity contribution in [2.75, 3.05) is 31.1 Å². The minimum Gasteiger partial charge on any atom is -0.374 e. The van der Waals surface area contributed by atoms with Crippen LogP contribution in [0.5, 0.6) is 0 Å². The van der Waals surface area contributed by atoms with Crippen molar-refractivity contribution < 1.29 is 4.74 Å². The van der Waals surface area contributed by atoms with Crippen molar-refractivity contribution in [3.05, 3.63) is 24.0 Å². The van der Waals surface area contributed by atoms with E-state index in [0.29, 0.717) is 6.54 Å². The topological polar surface area (TPSA) is 68.7 Å². The Balaban J connectivity index is 1.92. The van der Waals surface area contributed by atoms with Gasteiger partial charge in [-0.3, -0.25) is 0 Å². The lowest BCUT2D eigenvalue weighted by Gasteiger charge is -2.34. The van der Waals surface area contributed by atoms with Crippen molar-refractivity contribution in [1.82, 2.24) is 14.6 Å². The molecule has 0 saturated carbocycles. The van der Waals surface area contributed by atoms with Gasteiger partial charge in [0.25, 0.3) is 0 Å². The molecule has 0 aliphatic carbocycles. The van der Waals surface area contributed by atoms with Crippen LogP contribution in [0.4, 0.5) is 5.82 Å². The molecule has 0 bridgehead atoms. The number of anilines is 1. The van der Waals surface area contributed by atoms with Gasteiger partial charge in [0, 0.05) is 30.9 Å². The normalized spacial score (nSPS) is 20.1. The first-order valence-corrected chi connectivity index (χ1v) is 6.66. The standard InChI is InChI=1S/C13H19N5O/c1-10-8-13(18-12(16-10)3-5-15-18)17-6-7-19-11(9-17)2-4-14/h3,5,8,11H,2,4,6-7,9,14H2,1H3/t11-/m1/s1. The minimum absolute atomic E-state index is 0.206. The van der Waals surface area contributed by atoms with E-state index in [4.69, 9.17) is 10.5 Å². The van der Waals surface area contributed by atoms with E-state index >= 15 is 0 Å². The van der Waals surface area contributed by atoms with Gasteiger partial charge in [-0.15, -0.1) is 0 Å². The highest BCUT2D eigenvalue weighted by atomic mass is 16.5. The number of aromatic nitrogens is 3. The van der Waals surface area contributed by atoms with Gasteiger partial charge in [-0.1, -0.05) is 0 Å². The van der Waals surface area contributed by atoms with Crippen LogP contribution >= 0.6 is 0 Å². The summed E-state index contributed by atoms with van der Waals surface area (Å²) in [5.41, 5.74) is 7.51. The molecule has 3 heterocycles. The Bertz CT molecular complexity index is 565. The number of aryl methyl sites for hydroxylation is 1. The van der Waals surface area contributed by atoms with E-state index in [1.807, 2.05) is 17.5 Å². The zero-order chi connectivity index (χ0) is 13.2. The van der Waals surface area contributed by atoms with Crippen LogP contribution in [0, 0.1) is 6.92 Å². The molecule has 6 heteroatoms. The summed E-state index contributed by atoms with van der Waals surface area (Å²) in [4.78, 5) is 6.77. The first-order valence-electron chi connectivity index (χ1n) is 6.66. The highest BCUT2D eigenvalue weighted by Crippen LogP contribution is 2.20. The Morgan fingerprint density at radius 2 is 2.42 bits per heavy atom. The highest BCUT2D eigenvalue weighted by Gasteiger charge is 2.22. The van der Waals surface area contributed by atoms with Gasteiger partial charge < -0.3 is 15.4 Å². The number of rotatable bonds is 3. The molecule has 1 fully saturated rings. The monoisotopic (exact) mass is 261 g/mol. The summed E-state index contributed by atoms with van der Waals surface area (Å²) in [7, 11) is 0. The summed E-state index contributed by atoms with van der Waals surface area (Å²) >= 11 is 0. The molecule has 1 aliphatic rings. The molecule has 1 saturated heterocycles. The van der Waals surface area contributed by atoms with Gasteiger partial charge in [-0.25, -0.2) is 4.98 Å². The van der Waals surface area contributed by atoms with E-state index in [1.54, 1.807) is 6.20 Å². The Morgan fingerprint density at radius 1 is 1.53 bits per heavy atom. The summed E-state index contributed by atoms with van der Waals surface area (Å²) in [5.74, 6) is 1.08. The van der Waals surface area contributed by atoms with Crippen LogP contribution in [0.25, 0.3) is 5.65 Å². The van der Waals surface area contributed by atoms with Crippen LogP contribution in [-0.4, -0.2) is 46.9 Å². The van der Waals surface area contributed by atoms with Crippen molar-refractivity contribution in [2.45, 2.75) is 19.4 Å². The lowest BCUT2D eigenvalue weighted by molar-refractivity contribution is 0.0365. The maximum absolute atomic E-state index is 5.73. The molecule has 0 unspecified atom stereocenters. The van der Waals surface area contributed by atoms with Crippen LogP contribution in [0.2, 0.25) is 0 Å². The Morgan fingerprint density at radius 3 is 3.26 bits per heavy atom. The van der Waals surface area contributed by atoms with Crippen LogP contribution < -0.4 is 10.6 Å². The molecule has 6 nitrogen and oxygen atoms in total. The molecule has 2 aromatic rings. The Hall–Kier alpha value is -1.66. The third-order valence-electron chi connectivity index (χ3n) is 3.42. The average Bonchev–Trinajstić information content (AvgIpc) is 2.86. The van der Waals surface area contributed by atoms with Crippen molar-refractivity contribution >= 4 is 11.5 Å². The van der Waals surface area contributed by atoms with Crippen molar-refractivity contribution in [2.24, 2.45) is 5.73 Å². The molecular formula is C13H19N5O. The number of hydrogen-bond donors (Lipinski definition) is 1. The van der Waals surface area contributed by atoms with E-state index in [-0.39, 0.29) is 6.10 Å². The van der Waals surface area contributed by atoms with Gasteiger partial charge in [0.15, 0.2) is 5.65 Å². The van der Waals surface area contributed by atoms with E-state index in [0.717, 1.165) is 43.3 Å². The summed E-state index contributed by atoms with van der Waals surface area (Å²) < 4.78 is 7.61. The molecular weight excluding hydrogens is 242 g/mol. The highest BCUT2D eigenvalue weighted by molar-refractivity contribution is 5.50. The fraction of sp³-hybridized carbons (Fsp3) is 0.538. The summed E-state index contributed by atoms with van der Waals surface area (Å²) in [6.45, 7) is 5.13. The third kappa shape index (κ3) is 2.41. The second-order valence-electron chi connectivity index (χ2n) is 4.87. The SMILES string of the molecule is Cc1cc(N2CCO[C@H](CCN)C2)n2nccc2n1. The number of hydrogen-bond acceptors (Lipinski definition) is 5. The number of nitrogens with zero attached hydrogens (tertiary/aromatic N) is 4. The largest absolute Gasteiger partial charge is 0.374 e. The van der Waals surface area contributed by atoms with Crippen molar-refractivity contribution in [1.29, 1.82) is 0 Å². The van der Waals surface area contributed by atoms with Gasteiger partial charge in [0.1, 0.15) is 5.82 Å². The predicted octanol–water partition coefficient (Wildman–Crippen LogP) is 0.592. The maximum Gasteiger partial charge on any atom is 0.157 e. The summed E-state index contributed by atoms with van der Waals surface area (Å²) in [6.07, 6.45) is 2.88. The molecule has 0 amide bonds. The summed E-state index contributed by atoms with van der Waals surface area (Å²) in [5, 5.41) is 4.35. The first-order chi connectivity index (χ1) is 9.28. The van der Waals surface area contributed by atoms with Crippen LogP contribution in [0.1, 0.15) is 12.1 Å². The van der Waals surface area contributed by atoms with Gasteiger partial charge in [-0.2, -0.15) is 9.61 Å². The average molecular weight is 261 g/mol. The molecule has 19 heavy (non-hydrogen) atoms. The second-order valence-corrected chi connectivity index (χ2v) is 4.87. The number of nitrogens with two attached hydrogens (primary N) is 1. The van der Waals surface area contributed by atoms with Gasteiger partial charge >= 0.3 is 0 Å². The smallest absolute Gasteiger partial charge is 0.157 e. The molecule has 102 valence electrons. The van der Waals surface area contributed by atoms with E-state index in [1.165, 1.54) is 0 Å². The Labute approximate surface area is 112 Å². The minimum atomic E-state index is 0.206. The van der Waals surface area contributed by atoms with E-state index < -0.39 is 0 Å². The lowest BCUT2D eigenvalue weighted by atomic mass is 10.2. The molecule has 0 spiro atoms. The number of morpholine rings is 1. The predicted molar refractivity (Wildman–Crippen MR) is 73.3 cm³/mol. The van der Waals surface area contributed by atoms with Crippen molar-refractivity contribution in [3.8, 4) is 0 Å². The molecule has 1 atom stereocenters.